The summed E-state index contributed by atoms with van der Waals surface area (Å²) in [6.07, 6.45) is 7.29. The third-order valence-corrected chi connectivity index (χ3v) is 3.86. The maximum atomic E-state index is 11.5. The Hall–Kier alpha value is -2.89. The van der Waals surface area contributed by atoms with Crippen LogP contribution in [0.25, 0.3) is 6.08 Å². The molecule has 0 saturated carbocycles. The molecule has 6 heteroatoms. The first-order chi connectivity index (χ1) is 11.1. The molecule has 0 aromatic heterocycles. The molecular weight excluding hydrogens is 294 g/mol. The summed E-state index contributed by atoms with van der Waals surface area (Å²) in [6, 6.07) is 7.33. The Bertz CT molecular complexity index is 676. The van der Waals surface area contributed by atoms with E-state index in [9.17, 15) is 14.4 Å². The largest absolute Gasteiger partial charge is 0.372 e. The average molecular weight is 311 g/mol. The smallest absolute Gasteiger partial charge is 0.328 e. The van der Waals surface area contributed by atoms with Gasteiger partial charge in [-0.3, -0.25) is 20.2 Å². The number of hydrogen-bond donors (Lipinski definition) is 2. The number of hydrogen-bond acceptors (Lipinski definition) is 4. The third-order valence-electron chi connectivity index (χ3n) is 3.86. The Morgan fingerprint density at radius 2 is 1.52 bits per heavy atom. The van der Waals surface area contributed by atoms with Crippen molar-refractivity contribution in [2.75, 3.05) is 18.0 Å². The molecule has 2 aliphatic rings. The SMILES string of the molecule is O=C1NC(=O)C(=CC=Cc2ccc(N3CCCC3)cc2)C(=O)N1. The van der Waals surface area contributed by atoms with Crippen molar-refractivity contribution in [1.82, 2.24) is 10.6 Å². The fourth-order valence-electron chi connectivity index (χ4n) is 2.65. The molecule has 0 unspecified atom stereocenters. The first-order valence-electron chi connectivity index (χ1n) is 7.53. The molecule has 118 valence electrons. The highest BCUT2D eigenvalue weighted by Crippen LogP contribution is 2.20. The molecule has 2 N–H and O–H groups in total. The number of carbonyl (C=O) groups is 3. The summed E-state index contributed by atoms with van der Waals surface area (Å²) >= 11 is 0. The molecule has 2 heterocycles. The predicted molar refractivity (Wildman–Crippen MR) is 86.7 cm³/mol. The fourth-order valence-corrected chi connectivity index (χ4v) is 2.65. The number of nitrogens with zero attached hydrogens (tertiary/aromatic N) is 1. The highest BCUT2D eigenvalue weighted by molar-refractivity contribution is 6.29. The standard InChI is InChI=1S/C17H17N3O3/c21-15-14(16(22)19-17(23)18-15)5-3-4-12-6-8-13(9-7-12)20-10-1-2-11-20/h3-9H,1-2,10-11H2,(H2,18,19,21,22,23). The quantitative estimate of drug-likeness (QED) is 0.656. The second kappa shape index (κ2) is 6.48. The number of anilines is 1. The molecular formula is C17H17N3O3. The lowest BCUT2D eigenvalue weighted by atomic mass is 10.1. The van der Waals surface area contributed by atoms with E-state index < -0.39 is 17.8 Å². The summed E-state index contributed by atoms with van der Waals surface area (Å²) < 4.78 is 0. The van der Waals surface area contributed by atoms with Crippen molar-refractivity contribution in [3.05, 3.63) is 47.6 Å². The van der Waals surface area contributed by atoms with Crippen LogP contribution in [-0.4, -0.2) is 30.9 Å². The minimum Gasteiger partial charge on any atom is -0.372 e. The number of amides is 4. The monoisotopic (exact) mass is 311 g/mol. The Kier molecular flexibility index (Phi) is 4.23. The lowest BCUT2D eigenvalue weighted by Gasteiger charge is -2.17. The van der Waals surface area contributed by atoms with Crippen LogP contribution in [0.1, 0.15) is 18.4 Å². The lowest BCUT2D eigenvalue weighted by Crippen LogP contribution is -2.51. The van der Waals surface area contributed by atoms with Gasteiger partial charge in [-0.25, -0.2) is 4.79 Å². The Balaban J connectivity index is 1.67. The zero-order valence-corrected chi connectivity index (χ0v) is 12.5. The first kappa shape index (κ1) is 15.0. The van der Waals surface area contributed by atoms with Gasteiger partial charge in [-0.1, -0.05) is 24.3 Å². The highest BCUT2D eigenvalue weighted by atomic mass is 16.2. The topological polar surface area (TPSA) is 78.5 Å². The second-order valence-electron chi connectivity index (χ2n) is 5.46. The van der Waals surface area contributed by atoms with E-state index in [1.54, 1.807) is 12.2 Å². The van der Waals surface area contributed by atoms with Crippen molar-refractivity contribution in [2.45, 2.75) is 12.8 Å². The van der Waals surface area contributed by atoms with E-state index in [0.29, 0.717) is 0 Å². The van der Waals surface area contributed by atoms with Crippen molar-refractivity contribution < 1.29 is 14.4 Å². The summed E-state index contributed by atoms with van der Waals surface area (Å²) in [5.74, 6) is -1.37. The van der Waals surface area contributed by atoms with Gasteiger partial charge in [0, 0.05) is 18.8 Å². The van der Waals surface area contributed by atoms with Gasteiger partial charge in [0.25, 0.3) is 11.8 Å². The zero-order valence-electron chi connectivity index (χ0n) is 12.5. The number of rotatable bonds is 3. The molecule has 0 spiro atoms. The third kappa shape index (κ3) is 3.48. The fraction of sp³-hybridized carbons (Fsp3) is 0.235. The van der Waals surface area contributed by atoms with E-state index in [2.05, 4.69) is 17.0 Å². The highest BCUT2D eigenvalue weighted by Gasteiger charge is 2.26. The molecule has 0 radical (unpaired) electrons. The van der Waals surface area contributed by atoms with Crippen molar-refractivity contribution >= 4 is 29.6 Å². The molecule has 0 bridgehead atoms. The van der Waals surface area contributed by atoms with Crippen molar-refractivity contribution in [3.63, 3.8) is 0 Å². The van der Waals surface area contributed by atoms with Gasteiger partial charge in [-0.05, 0) is 36.6 Å². The zero-order chi connectivity index (χ0) is 16.2. The van der Waals surface area contributed by atoms with E-state index in [1.165, 1.54) is 24.6 Å². The second-order valence-corrected chi connectivity index (χ2v) is 5.46. The summed E-state index contributed by atoms with van der Waals surface area (Å²) in [5.41, 5.74) is 2.09. The summed E-state index contributed by atoms with van der Waals surface area (Å²) in [5, 5.41) is 4.06. The number of carbonyl (C=O) groups excluding carboxylic acids is 3. The Labute approximate surface area is 133 Å². The van der Waals surface area contributed by atoms with E-state index >= 15 is 0 Å². The minimum atomic E-state index is -0.793. The molecule has 2 saturated heterocycles. The molecule has 23 heavy (non-hydrogen) atoms. The summed E-state index contributed by atoms with van der Waals surface area (Å²) in [7, 11) is 0. The van der Waals surface area contributed by atoms with Crippen molar-refractivity contribution in [3.8, 4) is 0 Å². The van der Waals surface area contributed by atoms with E-state index in [-0.39, 0.29) is 5.57 Å². The molecule has 2 aliphatic heterocycles. The molecule has 0 aliphatic carbocycles. The lowest BCUT2D eigenvalue weighted by molar-refractivity contribution is -0.124. The number of benzene rings is 1. The van der Waals surface area contributed by atoms with Crippen LogP contribution in [0.15, 0.2) is 42.0 Å². The van der Waals surface area contributed by atoms with Crippen LogP contribution < -0.4 is 15.5 Å². The minimum absolute atomic E-state index is 0.0884. The van der Waals surface area contributed by atoms with Gasteiger partial charge in [-0.2, -0.15) is 0 Å². The van der Waals surface area contributed by atoms with Crippen LogP contribution in [0.4, 0.5) is 10.5 Å². The maximum Gasteiger partial charge on any atom is 0.328 e. The number of nitrogens with one attached hydrogen (secondary N) is 2. The average Bonchev–Trinajstić information content (AvgIpc) is 3.05. The molecule has 6 nitrogen and oxygen atoms in total. The number of imide groups is 2. The molecule has 2 fully saturated rings. The molecule has 4 amide bonds. The summed E-state index contributed by atoms with van der Waals surface area (Å²) in [6.45, 7) is 2.20. The van der Waals surface area contributed by atoms with Crippen molar-refractivity contribution in [1.29, 1.82) is 0 Å². The Morgan fingerprint density at radius 1 is 0.913 bits per heavy atom. The summed E-state index contributed by atoms with van der Waals surface area (Å²) in [4.78, 5) is 36.4. The van der Waals surface area contributed by atoms with Crippen LogP contribution >= 0.6 is 0 Å². The van der Waals surface area contributed by atoms with E-state index in [1.807, 2.05) is 22.8 Å². The van der Waals surface area contributed by atoms with Gasteiger partial charge < -0.3 is 4.90 Å². The van der Waals surface area contributed by atoms with Crippen LogP contribution in [0, 0.1) is 0 Å². The molecule has 3 rings (SSSR count). The first-order valence-corrected chi connectivity index (χ1v) is 7.53. The van der Waals surface area contributed by atoms with Crippen LogP contribution in [-0.2, 0) is 9.59 Å². The maximum absolute atomic E-state index is 11.5. The van der Waals surface area contributed by atoms with Crippen LogP contribution in [0.3, 0.4) is 0 Å². The van der Waals surface area contributed by atoms with Gasteiger partial charge in [0.05, 0.1) is 0 Å². The number of barbiturate groups is 1. The molecule has 0 atom stereocenters. The van der Waals surface area contributed by atoms with Gasteiger partial charge in [-0.15, -0.1) is 0 Å². The van der Waals surface area contributed by atoms with Gasteiger partial charge in [0.1, 0.15) is 5.57 Å². The predicted octanol–water partition coefficient (Wildman–Crippen LogP) is 1.59. The normalized spacial score (nSPS) is 18.3. The van der Waals surface area contributed by atoms with Crippen LogP contribution in [0.2, 0.25) is 0 Å². The molecule has 1 aromatic carbocycles. The van der Waals surface area contributed by atoms with Gasteiger partial charge in [0.15, 0.2) is 0 Å². The Morgan fingerprint density at radius 3 is 2.13 bits per heavy atom. The van der Waals surface area contributed by atoms with Gasteiger partial charge >= 0.3 is 6.03 Å². The van der Waals surface area contributed by atoms with E-state index in [4.69, 9.17) is 0 Å². The van der Waals surface area contributed by atoms with Gasteiger partial charge in [0.2, 0.25) is 0 Å². The molecule has 1 aromatic rings. The van der Waals surface area contributed by atoms with E-state index in [0.717, 1.165) is 18.7 Å². The van der Waals surface area contributed by atoms with Crippen molar-refractivity contribution in [2.24, 2.45) is 0 Å². The number of urea groups is 1. The van der Waals surface area contributed by atoms with Crippen LogP contribution in [0.5, 0.6) is 0 Å². The number of allylic oxidation sites excluding steroid dienone is 2.